The monoisotopic (exact) mass is 393 g/mol. The van der Waals surface area contributed by atoms with Gasteiger partial charge in [0.25, 0.3) is 11.8 Å². The lowest BCUT2D eigenvalue weighted by Gasteiger charge is -2.39. The van der Waals surface area contributed by atoms with E-state index in [4.69, 9.17) is 0 Å². The first-order chi connectivity index (χ1) is 13.2. The molecule has 0 saturated carbocycles. The number of nitrogens with one attached hydrogen (secondary N) is 3. The van der Waals surface area contributed by atoms with E-state index in [9.17, 15) is 24.0 Å². The Morgan fingerprint density at radius 3 is 2.18 bits per heavy atom. The fourth-order valence-electron chi connectivity index (χ4n) is 2.89. The quantitative estimate of drug-likeness (QED) is 0.394. The van der Waals surface area contributed by atoms with Crippen LogP contribution in [0.1, 0.15) is 27.2 Å². The molecule has 3 N–H and O–H groups in total. The molecule has 2 rings (SSSR count). The number of hydrogen-bond donors (Lipinski definition) is 3. The second-order valence-electron chi connectivity index (χ2n) is 6.99. The molecule has 0 radical (unpaired) electrons. The zero-order valence-corrected chi connectivity index (χ0v) is 16.4. The first kappa shape index (κ1) is 21.5. The van der Waals surface area contributed by atoms with Crippen molar-refractivity contribution < 1.29 is 24.0 Å². The Bertz CT molecular complexity index is 668. The molecule has 0 aromatic heterocycles. The van der Waals surface area contributed by atoms with E-state index < -0.39 is 35.7 Å². The van der Waals surface area contributed by atoms with Gasteiger partial charge in [-0.3, -0.25) is 33.8 Å². The van der Waals surface area contributed by atoms with Crippen LogP contribution in [0, 0.1) is 0 Å². The van der Waals surface area contributed by atoms with Gasteiger partial charge in [-0.15, -0.1) is 0 Å². The molecule has 154 valence electrons. The van der Waals surface area contributed by atoms with Crippen molar-refractivity contribution in [1.29, 1.82) is 0 Å². The Morgan fingerprint density at radius 2 is 1.61 bits per heavy atom. The van der Waals surface area contributed by atoms with Crippen LogP contribution in [0.2, 0.25) is 0 Å². The van der Waals surface area contributed by atoms with Crippen molar-refractivity contribution in [2.45, 2.75) is 45.3 Å². The molecule has 0 bridgehead atoms. The Hall–Kier alpha value is -2.75. The van der Waals surface area contributed by atoms with Crippen LogP contribution in [0.25, 0.3) is 0 Å². The van der Waals surface area contributed by atoms with E-state index in [1.54, 1.807) is 6.92 Å². The summed E-state index contributed by atoms with van der Waals surface area (Å²) in [6.45, 7) is 7.60. The molecule has 2 heterocycles. The third kappa shape index (κ3) is 5.62. The van der Waals surface area contributed by atoms with E-state index in [-0.39, 0.29) is 24.9 Å². The van der Waals surface area contributed by atoms with Crippen molar-refractivity contribution in [3.8, 4) is 0 Å². The lowest BCUT2D eigenvalue weighted by atomic mass is 10.1. The zero-order valence-electron chi connectivity index (χ0n) is 16.4. The fraction of sp³-hybridized carbons (Fsp3) is 0.611. The summed E-state index contributed by atoms with van der Waals surface area (Å²) in [6.07, 6.45) is 2.18. The molecule has 2 aliphatic rings. The summed E-state index contributed by atoms with van der Waals surface area (Å²) in [5, 5.41) is 7.93. The average Bonchev–Trinajstić information content (AvgIpc) is 2.93. The molecule has 10 nitrogen and oxygen atoms in total. The van der Waals surface area contributed by atoms with Crippen LogP contribution in [-0.4, -0.2) is 83.6 Å². The maximum absolute atomic E-state index is 12.2. The van der Waals surface area contributed by atoms with Crippen LogP contribution in [0.4, 0.5) is 0 Å². The maximum Gasteiger partial charge on any atom is 0.253 e. The third-order valence-corrected chi connectivity index (χ3v) is 4.74. The summed E-state index contributed by atoms with van der Waals surface area (Å²) in [5.41, 5.74) is 0. The van der Waals surface area contributed by atoms with Gasteiger partial charge in [0.1, 0.15) is 12.1 Å². The molecule has 5 amide bonds. The van der Waals surface area contributed by atoms with Crippen molar-refractivity contribution in [3.05, 3.63) is 12.2 Å². The van der Waals surface area contributed by atoms with Crippen molar-refractivity contribution >= 4 is 29.5 Å². The van der Waals surface area contributed by atoms with Crippen LogP contribution < -0.4 is 16.0 Å². The number of carbonyl (C=O) groups is 5. The number of imide groups is 1. The molecule has 2 aliphatic heterocycles. The van der Waals surface area contributed by atoms with Gasteiger partial charge in [-0.25, -0.2) is 0 Å². The highest BCUT2D eigenvalue weighted by molar-refractivity contribution is 6.13. The van der Waals surface area contributed by atoms with Crippen LogP contribution in [0.3, 0.4) is 0 Å². The van der Waals surface area contributed by atoms with Gasteiger partial charge in [0, 0.05) is 38.2 Å². The van der Waals surface area contributed by atoms with Gasteiger partial charge in [0.15, 0.2) is 0 Å². The Morgan fingerprint density at radius 1 is 1.04 bits per heavy atom. The molecule has 1 saturated heterocycles. The second kappa shape index (κ2) is 9.45. The molecule has 0 aliphatic carbocycles. The van der Waals surface area contributed by atoms with E-state index >= 15 is 0 Å². The van der Waals surface area contributed by atoms with E-state index in [2.05, 4.69) is 20.9 Å². The number of nitrogens with zero attached hydrogens (tertiary/aromatic N) is 2. The molecule has 1 fully saturated rings. The van der Waals surface area contributed by atoms with Gasteiger partial charge in [-0.05, 0) is 20.4 Å². The number of amides is 5. The van der Waals surface area contributed by atoms with Crippen molar-refractivity contribution in [2.75, 3.05) is 26.2 Å². The van der Waals surface area contributed by atoms with Gasteiger partial charge >= 0.3 is 0 Å². The van der Waals surface area contributed by atoms with E-state index in [1.165, 1.54) is 6.92 Å². The van der Waals surface area contributed by atoms with Crippen LogP contribution in [0.15, 0.2) is 12.2 Å². The van der Waals surface area contributed by atoms with Crippen LogP contribution in [-0.2, 0) is 24.0 Å². The van der Waals surface area contributed by atoms with Crippen LogP contribution in [0.5, 0.6) is 0 Å². The Kier molecular flexibility index (Phi) is 7.27. The topological polar surface area (TPSA) is 128 Å². The molecule has 0 unspecified atom stereocenters. The minimum Gasteiger partial charge on any atom is -0.349 e. The zero-order chi connectivity index (χ0) is 20.8. The smallest absolute Gasteiger partial charge is 0.253 e. The first-order valence-electron chi connectivity index (χ1n) is 9.37. The lowest BCUT2D eigenvalue weighted by Crippen LogP contribution is -2.61. The molecular weight excluding hydrogens is 366 g/mol. The largest absolute Gasteiger partial charge is 0.349 e. The summed E-state index contributed by atoms with van der Waals surface area (Å²) in [6, 6.07) is -1.49. The second-order valence-corrected chi connectivity index (χ2v) is 6.99. The normalized spacial score (nSPS) is 19.2. The molecule has 0 aromatic rings. The van der Waals surface area contributed by atoms with E-state index in [0.717, 1.165) is 36.7 Å². The summed E-state index contributed by atoms with van der Waals surface area (Å²) in [7, 11) is 0. The number of likely N-dealkylation sites (tertiary alicyclic amines) is 1. The number of rotatable bonds is 9. The van der Waals surface area contributed by atoms with Gasteiger partial charge in [0.05, 0.1) is 6.04 Å². The maximum atomic E-state index is 12.2. The fourth-order valence-corrected chi connectivity index (χ4v) is 2.89. The van der Waals surface area contributed by atoms with E-state index in [1.807, 2.05) is 6.92 Å². The molecule has 28 heavy (non-hydrogen) atoms. The SMILES string of the molecule is CCN1CC(NC(=O)[C@H](C)NC(=O)[C@H](C)NC(=O)CCN2C(=O)C=CC2=O)C1. The van der Waals surface area contributed by atoms with Crippen molar-refractivity contribution in [1.82, 2.24) is 25.8 Å². The number of hydrogen-bond acceptors (Lipinski definition) is 6. The van der Waals surface area contributed by atoms with Gasteiger partial charge in [-0.1, -0.05) is 6.92 Å². The molecule has 0 spiro atoms. The van der Waals surface area contributed by atoms with Crippen molar-refractivity contribution in [2.24, 2.45) is 0 Å². The highest BCUT2D eigenvalue weighted by Crippen LogP contribution is 2.06. The molecular formula is C18H27N5O5. The predicted molar refractivity (Wildman–Crippen MR) is 99.7 cm³/mol. The third-order valence-electron chi connectivity index (χ3n) is 4.74. The summed E-state index contributed by atoms with van der Waals surface area (Å²) in [5.74, 6) is -2.16. The molecule has 0 aromatic carbocycles. The summed E-state index contributed by atoms with van der Waals surface area (Å²) in [4.78, 5) is 62.3. The predicted octanol–water partition coefficient (Wildman–Crippen LogP) is -1.87. The minimum absolute atomic E-state index is 0.0557. The van der Waals surface area contributed by atoms with Gasteiger partial charge in [-0.2, -0.15) is 0 Å². The highest BCUT2D eigenvalue weighted by Gasteiger charge is 2.29. The van der Waals surface area contributed by atoms with Crippen molar-refractivity contribution in [3.63, 3.8) is 0 Å². The Balaban J connectivity index is 1.68. The Labute approximate surface area is 163 Å². The van der Waals surface area contributed by atoms with E-state index in [0.29, 0.717) is 0 Å². The average molecular weight is 393 g/mol. The van der Waals surface area contributed by atoms with Gasteiger partial charge in [0.2, 0.25) is 17.7 Å². The number of carbonyl (C=O) groups excluding carboxylic acids is 5. The first-order valence-corrected chi connectivity index (χ1v) is 9.37. The molecule has 10 heteroatoms. The van der Waals surface area contributed by atoms with Gasteiger partial charge < -0.3 is 16.0 Å². The van der Waals surface area contributed by atoms with Crippen LogP contribution >= 0.6 is 0 Å². The minimum atomic E-state index is -0.856. The number of likely N-dealkylation sites (N-methyl/N-ethyl adjacent to an activating group) is 1. The standard InChI is InChI=1S/C18H27N5O5/c1-4-22-9-13(10-22)21-18(28)12(3)20-17(27)11(2)19-14(24)7-8-23-15(25)5-6-16(23)26/h5-6,11-13H,4,7-10H2,1-3H3,(H,19,24)(H,20,27)(H,21,28)/t11-,12-/m0/s1. The molecule has 2 atom stereocenters. The highest BCUT2D eigenvalue weighted by atomic mass is 16.2. The summed E-state index contributed by atoms with van der Waals surface area (Å²) < 4.78 is 0. The summed E-state index contributed by atoms with van der Waals surface area (Å²) >= 11 is 0. The lowest BCUT2D eigenvalue weighted by molar-refractivity contribution is -0.137.